The summed E-state index contributed by atoms with van der Waals surface area (Å²) in [5.41, 5.74) is 14.7. The average Bonchev–Trinajstić information content (AvgIpc) is 2.79. The Bertz CT molecular complexity index is 1290. The van der Waals surface area contributed by atoms with Crippen molar-refractivity contribution in [2.45, 2.75) is 12.6 Å². The molecule has 0 amide bonds. The summed E-state index contributed by atoms with van der Waals surface area (Å²) >= 11 is 3.51. The van der Waals surface area contributed by atoms with Crippen molar-refractivity contribution in [2.24, 2.45) is 4.99 Å². The van der Waals surface area contributed by atoms with Crippen LogP contribution < -0.4 is 26.8 Å². The van der Waals surface area contributed by atoms with Gasteiger partial charge < -0.3 is 21.5 Å². The number of fused-ring (bicyclic) bond motifs is 1. The molecule has 4 rings (SSSR count). The van der Waals surface area contributed by atoms with Gasteiger partial charge in [0.25, 0.3) is 0 Å². The van der Waals surface area contributed by atoms with E-state index in [2.05, 4.69) is 36.5 Å². The number of ether oxygens (including phenoxy) is 1. The van der Waals surface area contributed by atoms with Gasteiger partial charge in [0.05, 0.1) is 5.69 Å². The molecule has 10 heteroatoms. The van der Waals surface area contributed by atoms with Crippen molar-refractivity contribution < 1.29 is 4.74 Å². The Morgan fingerprint density at radius 2 is 1.88 bits per heavy atom. The number of rotatable bonds is 4. The third-order valence-corrected chi connectivity index (χ3v) is 5.68. The highest BCUT2D eigenvalue weighted by Gasteiger charge is 2.29. The topological polar surface area (TPSA) is 158 Å². The number of aliphatic imine (C=N–C) groups is 1. The fourth-order valence-corrected chi connectivity index (χ4v) is 3.74. The minimum atomic E-state index is -0.598. The van der Waals surface area contributed by atoms with E-state index in [9.17, 15) is 5.26 Å². The van der Waals surface area contributed by atoms with Crippen LogP contribution in [0.25, 0.3) is 0 Å². The van der Waals surface area contributed by atoms with E-state index >= 15 is 0 Å². The highest BCUT2D eigenvalue weighted by atomic mass is 79.9. The second kappa shape index (κ2) is 8.84. The van der Waals surface area contributed by atoms with Crippen LogP contribution in [0.15, 0.2) is 58.0 Å². The summed E-state index contributed by atoms with van der Waals surface area (Å²) in [6, 6.07) is 16.6. The Labute approximate surface area is 192 Å². The van der Waals surface area contributed by atoms with Gasteiger partial charge in [0.2, 0.25) is 5.96 Å². The first-order valence-electron chi connectivity index (χ1n) is 9.46. The fourth-order valence-electron chi connectivity index (χ4n) is 3.34. The zero-order valence-corrected chi connectivity index (χ0v) is 18.2. The number of anilines is 3. The summed E-state index contributed by atoms with van der Waals surface area (Å²) < 4.78 is 6.87. The molecule has 158 valence electrons. The molecule has 3 aromatic rings. The van der Waals surface area contributed by atoms with Gasteiger partial charge in [0.15, 0.2) is 6.19 Å². The molecule has 1 aliphatic rings. The zero-order valence-electron chi connectivity index (χ0n) is 16.6. The Hall–Kier alpha value is -4.28. The van der Waals surface area contributed by atoms with Crippen molar-refractivity contribution in [3.63, 3.8) is 0 Å². The van der Waals surface area contributed by atoms with E-state index in [0.29, 0.717) is 23.7 Å². The molecule has 0 saturated heterocycles. The highest BCUT2D eigenvalue weighted by Crippen LogP contribution is 2.40. The van der Waals surface area contributed by atoms with Crippen molar-refractivity contribution >= 4 is 39.2 Å². The Balaban J connectivity index is 1.66. The second-order valence-corrected chi connectivity index (χ2v) is 7.71. The van der Waals surface area contributed by atoms with Gasteiger partial charge in [-0.3, -0.25) is 5.32 Å². The van der Waals surface area contributed by atoms with Crippen molar-refractivity contribution in [2.75, 3.05) is 16.8 Å². The number of nitrogen functional groups attached to an aromatic ring is 2. The molecule has 1 atom stereocenters. The second-order valence-electron chi connectivity index (χ2n) is 6.85. The molecule has 9 nitrogen and oxygen atoms in total. The van der Waals surface area contributed by atoms with Gasteiger partial charge in [-0.1, -0.05) is 46.3 Å². The lowest BCUT2D eigenvalue weighted by Gasteiger charge is -2.26. The molecule has 6 N–H and O–H groups in total. The van der Waals surface area contributed by atoms with Crippen LogP contribution in [0.1, 0.15) is 28.3 Å². The SMILES string of the molecule is N#CNC1=NC(c2ccc(OCc3ccccc3Br)cc2)c2c(nc(N)c(C#N)c2N)N1. The summed E-state index contributed by atoms with van der Waals surface area (Å²) in [5.74, 6) is 1.23. The van der Waals surface area contributed by atoms with Crippen LogP contribution in [0.3, 0.4) is 0 Å². The fraction of sp³-hybridized carbons (Fsp3) is 0.0909. The van der Waals surface area contributed by atoms with Crippen LogP contribution in [0.4, 0.5) is 17.3 Å². The number of pyridine rings is 1. The number of guanidine groups is 1. The summed E-state index contributed by atoms with van der Waals surface area (Å²) in [4.78, 5) is 8.79. The average molecular weight is 489 g/mol. The summed E-state index contributed by atoms with van der Waals surface area (Å²) in [6.07, 6.45) is 1.83. The van der Waals surface area contributed by atoms with Crippen molar-refractivity contribution in [1.82, 2.24) is 10.3 Å². The van der Waals surface area contributed by atoms with E-state index in [0.717, 1.165) is 15.6 Å². The lowest BCUT2D eigenvalue weighted by molar-refractivity contribution is 0.305. The maximum absolute atomic E-state index is 9.42. The van der Waals surface area contributed by atoms with E-state index < -0.39 is 6.04 Å². The maximum atomic E-state index is 9.42. The quantitative estimate of drug-likeness (QED) is 0.321. The van der Waals surface area contributed by atoms with Gasteiger partial charge in [-0.25, -0.2) is 9.98 Å². The molecule has 2 heterocycles. The first kappa shape index (κ1) is 21.0. The normalized spacial score (nSPS) is 14.2. The molecule has 32 heavy (non-hydrogen) atoms. The van der Waals surface area contributed by atoms with Crippen molar-refractivity contribution in [3.05, 3.63) is 75.3 Å². The molecular weight excluding hydrogens is 472 g/mol. The van der Waals surface area contributed by atoms with E-state index in [1.54, 1.807) is 0 Å². The van der Waals surface area contributed by atoms with Crippen LogP contribution in [-0.4, -0.2) is 10.9 Å². The zero-order chi connectivity index (χ0) is 22.7. The monoisotopic (exact) mass is 488 g/mol. The standard InChI is InChI=1S/C22H17BrN8O/c23-16-4-2-1-3-13(16)10-32-14-7-5-12(6-8-14)19-17-18(26)15(9-24)20(27)30-21(17)31-22(29-19)28-11-25/h1-8,19H,10H2,(H6,26,27,28,29,30,31). The molecule has 1 aliphatic heterocycles. The molecule has 2 aromatic carbocycles. The number of aromatic nitrogens is 1. The van der Waals surface area contributed by atoms with Gasteiger partial charge >= 0.3 is 0 Å². The number of nitriles is 2. The molecule has 0 aliphatic carbocycles. The van der Waals surface area contributed by atoms with Gasteiger partial charge in [-0.15, -0.1) is 0 Å². The largest absolute Gasteiger partial charge is 0.489 e. The lowest BCUT2D eigenvalue weighted by atomic mass is 9.95. The number of nitrogens with one attached hydrogen (secondary N) is 2. The number of hydrogen-bond acceptors (Lipinski definition) is 9. The van der Waals surface area contributed by atoms with E-state index in [4.69, 9.17) is 21.5 Å². The van der Waals surface area contributed by atoms with Crippen molar-refractivity contribution in [1.29, 1.82) is 10.5 Å². The van der Waals surface area contributed by atoms with Crippen LogP contribution in [0.5, 0.6) is 5.75 Å². The molecule has 0 saturated carbocycles. The Morgan fingerprint density at radius 1 is 1.12 bits per heavy atom. The van der Waals surface area contributed by atoms with Crippen molar-refractivity contribution in [3.8, 4) is 18.0 Å². The first-order valence-corrected chi connectivity index (χ1v) is 10.3. The van der Waals surface area contributed by atoms with Crippen LogP contribution >= 0.6 is 15.9 Å². The summed E-state index contributed by atoms with van der Waals surface area (Å²) in [7, 11) is 0. The predicted molar refractivity (Wildman–Crippen MR) is 124 cm³/mol. The van der Waals surface area contributed by atoms with Gasteiger partial charge in [0, 0.05) is 15.6 Å². The Morgan fingerprint density at radius 3 is 2.56 bits per heavy atom. The summed E-state index contributed by atoms with van der Waals surface area (Å²) in [6.45, 7) is 0.410. The Kier molecular flexibility index (Phi) is 5.79. The molecule has 0 fully saturated rings. The van der Waals surface area contributed by atoms with E-state index in [1.807, 2.05) is 60.8 Å². The van der Waals surface area contributed by atoms with Gasteiger partial charge in [0.1, 0.15) is 41.7 Å². The number of benzene rings is 2. The third kappa shape index (κ3) is 4.00. The lowest BCUT2D eigenvalue weighted by Crippen LogP contribution is -2.32. The van der Waals surface area contributed by atoms with Gasteiger partial charge in [-0.05, 0) is 23.8 Å². The van der Waals surface area contributed by atoms with E-state index in [1.165, 1.54) is 0 Å². The van der Waals surface area contributed by atoms with Crippen LogP contribution in [0.2, 0.25) is 0 Å². The van der Waals surface area contributed by atoms with Crippen LogP contribution in [-0.2, 0) is 6.61 Å². The number of nitrogens with two attached hydrogens (primary N) is 2. The predicted octanol–water partition coefficient (Wildman–Crippen LogP) is 3.40. The molecule has 1 aromatic heterocycles. The number of nitrogens with zero attached hydrogens (tertiary/aromatic N) is 4. The first-order chi connectivity index (χ1) is 15.5. The minimum Gasteiger partial charge on any atom is -0.489 e. The molecule has 0 spiro atoms. The third-order valence-electron chi connectivity index (χ3n) is 4.91. The highest BCUT2D eigenvalue weighted by molar-refractivity contribution is 9.10. The number of halogens is 1. The smallest absolute Gasteiger partial charge is 0.211 e. The molecular formula is C22H17BrN8O. The maximum Gasteiger partial charge on any atom is 0.211 e. The molecule has 0 radical (unpaired) electrons. The van der Waals surface area contributed by atoms with E-state index in [-0.39, 0.29) is 23.0 Å². The molecule has 0 bridgehead atoms. The van der Waals surface area contributed by atoms with Gasteiger partial charge in [-0.2, -0.15) is 10.5 Å². The van der Waals surface area contributed by atoms with Crippen LogP contribution in [0, 0.1) is 22.8 Å². The molecule has 1 unspecified atom stereocenters. The minimum absolute atomic E-state index is 0.00373. The number of hydrogen-bond donors (Lipinski definition) is 4. The summed E-state index contributed by atoms with van der Waals surface area (Å²) in [5, 5.41) is 23.8.